The first-order valence-corrected chi connectivity index (χ1v) is 18.5. The van der Waals surface area contributed by atoms with Crippen molar-refractivity contribution in [2.24, 2.45) is 0 Å². The van der Waals surface area contributed by atoms with Crippen molar-refractivity contribution < 1.29 is 4.42 Å². The Hall–Kier alpha value is -7.43. The zero-order chi connectivity index (χ0) is 36.3. The van der Waals surface area contributed by atoms with Crippen LogP contribution >= 0.6 is 0 Å². The second-order valence-electron chi connectivity index (χ2n) is 14.0. The normalized spacial score (nSPS) is 11.6. The molecule has 0 atom stereocenters. The molecule has 0 fully saturated rings. The molecule has 11 rings (SSSR count). The van der Waals surface area contributed by atoms with Crippen LogP contribution in [0.15, 0.2) is 192 Å². The first kappa shape index (κ1) is 31.1. The first-order valence-electron chi connectivity index (χ1n) is 18.5. The number of hydrogen-bond acceptors (Lipinski definition) is 4. The molecule has 0 radical (unpaired) electrons. The van der Waals surface area contributed by atoms with Gasteiger partial charge in [-0.3, -0.25) is 0 Å². The van der Waals surface area contributed by atoms with Crippen LogP contribution in [0.2, 0.25) is 0 Å². The highest BCUT2D eigenvalue weighted by Gasteiger charge is 2.21. The van der Waals surface area contributed by atoms with Gasteiger partial charge < -0.3 is 4.42 Å². The average molecular weight is 702 g/mol. The van der Waals surface area contributed by atoms with Crippen LogP contribution in [0.4, 0.5) is 0 Å². The number of para-hydroxylation sites is 1. The summed E-state index contributed by atoms with van der Waals surface area (Å²) >= 11 is 0. The third-order valence-corrected chi connectivity index (χ3v) is 10.7. The standard InChI is InChI=1S/C51H31N3O/c1-2-14-35(15-3-1)49-52-50(36-27-24-33(25-28-36)38-29-26-32-12-4-5-16-37(32)30-38)54-51(53-49)44-23-11-22-43-46-31-45(40-21-10-17-34-13-6-7-18-39(34)40)41-19-8-9-20-42(41)48(46)55-47(43)44/h1-31H. The largest absolute Gasteiger partial charge is 0.455 e. The van der Waals surface area contributed by atoms with Crippen LogP contribution in [0, 0.1) is 0 Å². The summed E-state index contributed by atoms with van der Waals surface area (Å²) in [5, 5.41) is 9.17. The van der Waals surface area contributed by atoms with Gasteiger partial charge >= 0.3 is 0 Å². The summed E-state index contributed by atoms with van der Waals surface area (Å²) in [5.74, 6) is 1.77. The summed E-state index contributed by atoms with van der Waals surface area (Å²) in [6.45, 7) is 0. The fourth-order valence-corrected chi connectivity index (χ4v) is 8.00. The van der Waals surface area contributed by atoms with Gasteiger partial charge in [-0.1, -0.05) is 170 Å². The number of furan rings is 1. The third kappa shape index (κ3) is 5.26. The van der Waals surface area contributed by atoms with E-state index in [1.807, 2.05) is 30.3 Å². The van der Waals surface area contributed by atoms with Crippen LogP contribution in [0.3, 0.4) is 0 Å². The van der Waals surface area contributed by atoms with E-state index in [2.05, 4.69) is 158 Å². The molecule has 0 bridgehead atoms. The van der Waals surface area contributed by atoms with E-state index in [0.717, 1.165) is 55.0 Å². The van der Waals surface area contributed by atoms with Gasteiger partial charge in [0.2, 0.25) is 0 Å². The zero-order valence-corrected chi connectivity index (χ0v) is 29.6. The van der Waals surface area contributed by atoms with Gasteiger partial charge in [0.25, 0.3) is 0 Å². The molecule has 0 saturated heterocycles. The van der Waals surface area contributed by atoms with Gasteiger partial charge in [-0.15, -0.1) is 0 Å². The number of aromatic nitrogens is 3. The van der Waals surface area contributed by atoms with Crippen LogP contribution in [0.1, 0.15) is 0 Å². The van der Waals surface area contributed by atoms with E-state index in [1.165, 1.54) is 38.2 Å². The molecule has 0 aliphatic carbocycles. The molecular formula is C51H31N3O. The smallest absolute Gasteiger partial charge is 0.167 e. The second kappa shape index (κ2) is 12.6. The molecule has 4 heteroatoms. The Morgan fingerprint density at radius 3 is 1.64 bits per heavy atom. The molecule has 11 aromatic rings. The second-order valence-corrected chi connectivity index (χ2v) is 14.0. The predicted octanol–water partition coefficient (Wildman–Crippen LogP) is 13.6. The molecular weight excluding hydrogens is 671 g/mol. The van der Waals surface area contributed by atoms with E-state index in [4.69, 9.17) is 19.4 Å². The number of nitrogens with zero attached hydrogens (tertiary/aromatic N) is 3. The summed E-state index contributed by atoms with van der Waals surface area (Å²) in [5.41, 5.74) is 8.92. The lowest BCUT2D eigenvalue weighted by Gasteiger charge is -2.11. The Morgan fingerprint density at radius 1 is 0.273 bits per heavy atom. The highest BCUT2D eigenvalue weighted by Crippen LogP contribution is 2.43. The van der Waals surface area contributed by atoms with Gasteiger partial charge in [0.1, 0.15) is 11.2 Å². The van der Waals surface area contributed by atoms with Gasteiger partial charge in [-0.2, -0.15) is 0 Å². The maximum atomic E-state index is 6.92. The minimum Gasteiger partial charge on any atom is -0.455 e. The average Bonchev–Trinajstić information content (AvgIpc) is 3.65. The number of rotatable bonds is 5. The molecule has 9 aromatic carbocycles. The van der Waals surface area contributed by atoms with E-state index >= 15 is 0 Å². The summed E-state index contributed by atoms with van der Waals surface area (Å²) in [6, 6.07) is 65.8. The lowest BCUT2D eigenvalue weighted by molar-refractivity contribution is 0.673. The topological polar surface area (TPSA) is 51.8 Å². The van der Waals surface area contributed by atoms with Crippen LogP contribution in [0.25, 0.3) is 111 Å². The Kier molecular flexibility index (Phi) is 7.14. The first-order chi connectivity index (χ1) is 27.2. The van der Waals surface area contributed by atoms with Crippen molar-refractivity contribution in [3.63, 3.8) is 0 Å². The Balaban J connectivity index is 1.09. The van der Waals surface area contributed by atoms with E-state index < -0.39 is 0 Å². The lowest BCUT2D eigenvalue weighted by Crippen LogP contribution is -2.00. The molecule has 2 aromatic heterocycles. The van der Waals surface area contributed by atoms with Gasteiger partial charge in [0.15, 0.2) is 17.5 Å². The van der Waals surface area contributed by atoms with Crippen molar-refractivity contribution in [1.29, 1.82) is 0 Å². The molecule has 2 heterocycles. The molecule has 0 amide bonds. The Labute approximate surface area is 317 Å². The summed E-state index contributed by atoms with van der Waals surface area (Å²) in [6.07, 6.45) is 0. The van der Waals surface area contributed by atoms with E-state index in [1.54, 1.807) is 0 Å². The van der Waals surface area contributed by atoms with Crippen LogP contribution in [-0.4, -0.2) is 15.0 Å². The minimum absolute atomic E-state index is 0.561. The van der Waals surface area contributed by atoms with Crippen LogP contribution < -0.4 is 0 Å². The molecule has 0 N–H and O–H groups in total. The molecule has 0 aliphatic heterocycles. The van der Waals surface area contributed by atoms with E-state index in [0.29, 0.717) is 17.5 Å². The van der Waals surface area contributed by atoms with Gasteiger partial charge in [-0.25, -0.2) is 15.0 Å². The molecule has 0 saturated carbocycles. The maximum Gasteiger partial charge on any atom is 0.167 e. The molecule has 0 spiro atoms. The van der Waals surface area contributed by atoms with Crippen molar-refractivity contribution in [2.75, 3.05) is 0 Å². The van der Waals surface area contributed by atoms with Gasteiger partial charge in [0, 0.05) is 27.3 Å². The lowest BCUT2D eigenvalue weighted by atomic mass is 9.92. The fraction of sp³-hybridized carbons (Fsp3) is 0. The zero-order valence-electron chi connectivity index (χ0n) is 29.6. The quantitative estimate of drug-likeness (QED) is 0.179. The van der Waals surface area contributed by atoms with Crippen molar-refractivity contribution in [3.05, 3.63) is 188 Å². The fourth-order valence-electron chi connectivity index (χ4n) is 8.00. The maximum absolute atomic E-state index is 6.92. The highest BCUT2D eigenvalue weighted by molar-refractivity contribution is 6.21. The number of hydrogen-bond donors (Lipinski definition) is 0. The van der Waals surface area contributed by atoms with Crippen molar-refractivity contribution >= 4 is 54.3 Å². The molecule has 55 heavy (non-hydrogen) atoms. The molecule has 4 nitrogen and oxygen atoms in total. The van der Waals surface area contributed by atoms with E-state index in [-0.39, 0.29) is 0 Å². The summed E-state index contributed by atoms with van der Waals surface area (Å²) in [7, 11) is 0. The summed E-state index contributed by atoms with van der Waals surface area (Å²) < 4.78 is 6.92. The molecule has 0 aliphatic rings. The third-order valence-electron chi connectivity index (χ3n) is 10.7. The molecule has 256 valence electrons. The Morgan fingerprint density at radius 2 is 0.818 bits per heavy atom. The SMILES string of the molecule is c1ccc(-c2nc(-c3ccc(-c4ccc5ccccc5c4)cc3)nc(-c3cccc4c3oc3c5ccccc5c(-c5cccc6ccccc56)cc43)n2)cc1. The van der Waals surface area contributed by atoms with Gasteiger partial charge in [-0.05, 0) is 67.4 Å². The van der Waals surface area contributed by atoms with Crippen LogP contribution in [-0.2, 0) is 0 Å². The van der Waals surface area contributed by atoms with Crippen molar-refractivity contribution in [1.82, 2.24) is 15.0 Å². The van der Waals surface area contributed by atoms with Crippen LogP contribution in [0.5, 0.6) is 0 Å². The van der Waals surface area contributed by atoms with E-state index in [9.17, 15) is 0 Å². The van der Waals surface area contributed by atoms with Gasteiger partial charge in [0.05, 0.1) is 5.56 Å². The summed E-state index contributed by atoms with van der Waals surface area (Å²) in [4.78, 5) is 15.3. The van der Waals surface area contributed by atoms with Crippen molar-refractivity contribution in [3.8, 4) is 56.4 Å². The highest BCUT2D eigenvalue weighted by atomic mass is 16.3. The van der Waals surface area contributed by atoms with Crippen molar-refractivity contribution in [2.45, 2.75) is 0 Å². The minimum atomic E-state index is 0.561. The monoisotopic (exact) mass is 701 g/mol. The molecule has 0 unspecified atom stereocenters. The Bertz CT molecular complexity index is 3250. The number of fused-ring (bicyclic) bond motifs is 7. The number of benzene rings is 9. The predicted molar refractivity (Wildman–Crippen MR) is 227 cm³/mol.